The summed E-state index contributed by atoms with van der Waals surface area (Å²) in [5, 5.41) is 13.8. The van der Waals surface area contributed by atoms with E-state index in [-0.39, 0.29) is 0 Å². The van der Waals surface area contributed by atoms with Gasteiger partial charge >= 0.3 is 0 Å². The fourth-order valence-corrected chi connectivity index (χ4v) is 2.85. The van der Waals surface area contributed by atoms with Gasteiger partial charge in [0.25, 0.3) is 0 Å². The highest BCUT2D eigenvalue weighted by atomic mass is 16.5. The molecule has 19 heavy (non-hydrogen) atoms. The van der Waals surface area contributed by atoms with Crippen molar-refractivity contribution < 1.29 is 9.84 Å². The molecule has 3 heteroatoms. The maximum absolute atomic E-state index is 10.4. The number of aliphatic hydroxyl groups is 1. The van der Waals surface area contributed by atoms with E-state index in [2.05, 4.69) is 29.6 Å². The molecule has 0 unspecified atom stereocenters. The molecule has 1 heterocycles. The molecule has 1 saturated carbocycles. The fraction of sp³-hybridized carbons (Fsp3) is 0.625. The second kappa shape index (κ2) is 5.61. The second-order valence-electron chi connectivity index (χ2n) is 5.91. The Morgan fingerprint density at radius 3 is 2.68 bits per heavy atom. The Morgan fingerprint density at radius 2 is 1.95 bits per heavy atom. The molecule has 1 aromatic carbocycles. The van der Waals surface area contributed by atoms with E-state index in [1.165, 1.54) is 24.0 Å². The second-order valence-corrected chi connectivity index (χ2v) is 5.91. The molecule has 2 N–H and O–H groups in total. The molecular formula is C16H23NO2. The maximum Gasteiger partial charge on any atom is 0.0815 e. The van der Waals surface area contributed by atoms with Crippen molar-refractivity contribution in [2.24, 2.45) is 0 Å². The Balaban J connectivity index is 1.54. The normalized spacial score (nSPS) is 22.4. The van der Waals surface area contributed by atoms with Gasteiger partial charge in [0.05, 0.1) is 5.60 Å². The summed E-state index contributed by atoms with van der Waals surface area (Å²) >= 11 is 0. The molecule has 1 aliphatic heterocycles. The number of hydrogen-bond donors (Lipinski definition) is 2. The number of hydrogen-bond acceptors (Lipinski definition) is 3. The van der Waals surface area contributed by atoms with Crippen LogP contribution < -0.4 is 5.32 Å². The molecule has 2 fully saturated rings. The van der Waals surface area contributed by atoms with E-state index in [4.69, 9.17) is 4.74 Å². The number of nitrogens with one attached hydrogen (secondary N) is 1. The third-order valence-corrected chi connectivity index (χ3v) is 4.27. The van der Waals surface area contributed by atoms with E-state index >= 15 is 0 Å². The minimum atomic E-state index is -0.577. The van der Waals surface area contributed by atoms with E-state index < -0.39 is 5.60 Å². The molecule has 3 rings (SSSR count). The summed E-state index contributed by atoms with van der Waals surface area (Å²) in [6, 6.07) is 8.68. The van der Waals surface area contributed by atoms with Crippen molar-refractivity contribution >= 4 is 0 Å². The van der Waals surface area contributed by atoms with Crippen LogP contribution in [-0.2, 0) is 11.3 Å². The maximum atomic E-state index is 10.4. The van der Waals surface area contributed by atoms with Crippen molar-refractivity contribution in [3.05, 3.63) is 35.4 Å². The van der Waals surface area contributed by atoms with E-state index in [1.807, 2.05) is 0 Å². The molecule has 104 valence electrons. The third-order valence-electron chi connectivity index (χ3n) is 4.27. The van der Waals surface area contributed by atoms with E-state index in [9.17, 15) is 5.11 Å². The van der Waals surface area contributed by atoms with Crippen molar-refractivity contribution in [2.45, 2.75) is 43.7 Å². The summed E-state index contributed by atoms with van der Waals surface area (Å²) in [5.74, 6) is 0.782. The van der Waals surface area contributed by atoms with Gasteiger partial charge in [-0.2, -0.15) is 0 Å². The average molecular weight is 261 g/mol. The van der Waals surface area contributed by atoms with Crippen LogP contribution in [0.25, 0.3) is 0 Å². The van der Waals surface area contributed by atoms with Gasteiger partial charge in [0.2, 0.25) is 0 Å². The molecule has 0 aromatic heterocycles. The van der Waals surface area contributed by atoms with Crippen molar-refractivity contribution in [2.75, 3.05) is 19.8 Å². The molecule has 0 bridgehead atoms. The van der Waals surface area contributed by atoms with E-state index in [1.54, 1.807) is 0 Å². The summed E-state index contributed by atoms with van der Waals surface area (Å²) in [7, 11) is 0. The van der Waals surface area contributed by atoms with Crippen LogP contribution in [0.5, 0.6) is 0 Å². The Hall–Kier alpha value is -0.900. The first-order chi connectivity index (χ1) is 9.27. The van der Waals surface area contributed by atoms with Crippen LogP contribution in [0.1, 0.15) is 42.7 Å². The average Bonchev–Trinajstić information content (AvgIpc) is 3.24. The Bertz CT molecular complexity index is 423. The van der Waals surface area contributed by atoms with Crippen LogP contribution in [-0.4, -0.2) is 30.5 Å². The Labute approximate surface area is 115 Å². The minimum Gasteiger partial charge on any atom is -0.388 e. The lowest BCUT2D eigenvalue weighted by Crippen LogP contribution is -2.44. The largest absolute Gasteiger partial charge is 0.388 e. The van der Waals surface area contributed by atoms with Crippen molar-refractivity contribution in [3.8, 4) is 0 Å². The molecule has 0 amide bonds. The summed E-state index contributed by atoms with van der Waals surface area (Å²) in [4.78, 5) is 0. The monoisotopic (exact) mass is 261 g/mol. The highest BCUT2D eigenvalue weighted by Gasteiger charge is 2.29. The molecule has 3 nitrogen and oxygen atoms in total. The number of rotatable bonds is 5. The fourth-order valence-electron chi connectivity index (χ4n) is 2.85. The van der Waals surface area contributed by atoms with Gasteiger partial charge in [0.1, 0.15) is 0 Å². The predicted molar refractivity (Wildman–Crippen MR) is 75.1 cm³/mol. The summed E-state index contributed by atoms with van der Waals surface area (Å²) in [5.41, 5.74) is 2.31. The lowest BCUT2D eigenvalue weighted by Gasteiger charge is -2.32. The smallest absolute Gasteiger partial charge is 0.0815 e. The zero-order chi connectivity index (χ0) is 13.1. The first-order valence-electron chi connectivity index (χ1n) is 7.35. The highest BCUT2D eigenvalue weighted by Crippen LogP contribution is 2.41. The van der Waals surface area contributed by atoms with Gasteiger partial charge in [-0.05, 0) is 29.9 Å². The van der Waals surface area contributed by atoms with E-state index in [0.29, 0.717) is 19.8 Å². The topological polar surface area (TPSA) is 41.5 Å². The van der Waals surface area contributed by atoms with Crippen LogP contribution in [0, 0.1) is 0 Å². The molecular weight excluding hydrogens is 238 g/mol. The van der Waals surface area contributed by atoms with Gasteiger partial charge in [-0.3, -0.25) is 0 Å². The minimum absolute atomic E-state index is 0.577. The number of ether oxygens (including phenoxy) is 1. The van der Waals surface area contributed by atoms with E-state index in [0.717, 1.165) is 25.3 Å². The molecule has 1 saturated heterocycles. The van der Waals surface area contributed by atoms with Gasteiger partial charge < -0.3 is 15.2 Å². The van der Waals surface area contributed by atoms with Crippen LogP contribution >= 0.6 is 0 Å². The van der Waals surface area contributed by atoms with Gasteiger partial charge in [0.15, 0.2) is 0 Å². The summed E-state index contributed by atoms with van der Waals surface area (Å²) < 4.78 is 5.30. The number of benzene rings is 1. The molecule has 0 spiro atoms. The lowest BCUT2D eigenvalue weighted by molar-refractivity contribution is -0.0617. The standard InChI is InChI=1S/C16H23NO2/c18-16(7-9-19-10-8-16)12-17-11-14-3-1-2-4-15(14)13-5-6-13/h1-4,13,17-18H,5-12H2. The molecule has 2 aliphatic rings. The van der Waals surface area contributed by atoms with Gasteiger partial charge in [-0.15, -0.1) is 0 Å². The summed E-state index contributed by atoms with van der Waals surface area (Å²) in [6.45, 7) is 2.87. The predicted octanol–water partition coefficient (Wildman–Crippen LogP) is 2.20. The highest BCUT2D eigenvalue weighted by molar-refractivity contribution is 5.33. The SMILES string of the molecule is OC1(CNCc2ccccc2C2CC2)CCOCC1. The zero-order valence-electron chi connectivity index (χ0n) is 11.4. The van der Waals surface area contributed by atoms with Crippen LogP contribution in [0.2, 0.25) is 0 Å². The van der Waals surface area contributed by atoms with Crippen molar-refractivity contribution in [1.82, 2.24) is 5.32 Å². The van der Waals surface area contributed by atoms with Crippen molar-refractivity contribution in [3.63, 3.8) is 0 Å². The van der Waals surface area contributed by atoms with Crippen LogP contribution in [0.4, 0.5) is 0 Å². The van der Waals surface area contributed by atoms with Crippen LogP contribution in [0.15, 0.2) is 24.3 Å². The Kier molecular flexibility index (Phi) is 3.87. The third kappa shape index (κ3) is 3.35. The lowest BCUT2D eigenvalue weighted by atomic mass is 9.94. The van der Waals surface area contributed by atoms with Crippen molar-refractivity contribution in [1.29, 1.82) is 0 Å². The zero-order valence-corrected chi connectivity index (χ0v) is 11.4. The molecule has 1 aromatic rings. The van der Waals surface area contributed by atoms with Gasteiger partial charge in [-0.1, -0.05) is 24.3 Å². The van der Waals surface area contributed by atoms with Crippen LogP contribution in [0.3, 0.4) is 0 Å². The Morgan fingerprint density at radius 1 is 1.21 bits per heavy atom. The first-order valence-corrected chi connectivity index (χ1v) is 7.35. The van der Waals surface area contributed by atoms with Gasteiger partial charge in [0, 0.05) is 39.1 Å². The summed E-state index contributed by atoms with van der Waals surface area (Å²) in [6.07, 6.45) is 4.14. The van der Waals surface area contributed by atoms with Gasteiger partial charge in [-0.25, -0.2) is 0 Å². The molecule has 1 aliphatic carbocycles. The molecule has 0 radical (unpaired) electrons. The molecule has 0 atom stereocenters. The quantitative estimate of drug-likeness (QED) is 0.854. The first kappa shape index (κ1) is 13.1.